The van der Waals surface area contributed by atoms with E-state index in [1.807, 2.05) is 0 Å². The number of aliphatic hydroxyl groups is 2. The van der Waals surface area contributed by atoms with Crippen LogP contribution in [0.2, 0.25) is 0 Å². The number of aliphatic hydroxyl groups excluding tert-OH is 2. The summed E-state index contributed by atoms with van der Waals surface area (Å²) in [7, 11) is 0. The van der Waals surface area contributed by atoms with Gasteiger partial charge in [0.15, 0.2) is 0 Å². The van der Waals surface area contributed by atoms with E-state index in [-0.39, 0.29) is 52.8 Å². The Labute approximate surface area is 76.7 Å². The molecule has 0 fully saturated rings. The van der Waals surface area contributed by atoms with E-state index in [0.29, 0.717) is 0 Å². The van der Waals surface area contributed by atoms with Gasteiger partial charge < -0.3 is 10.2 Å². The summed E-state index contributed by atoms with van der Waals surface area (Å²) in [4.78, 5) is 0. The second kappa shape index (κ2) is 41.7. The molecule has 2 nitrogen and oxygen atoms in total. The van der Waals surface area contributed by atoms with Gasteiger partial charge in [-0.3, -0.25) is 0 Å². The van der Waals surface area contributed by atoms with Crippen molar-refractivity contribution in [3.8, 4) is 0 Å². The molecule has 0 aromatic heterocycles. The minimum Gasteiger partial charge on any atom is -0.397 e. The Kier molecular flexibility index (Phi) is 119. The van der Waals surface area contributed by atoms with Crippen LogP contribution in [0.5, 0.6) is 0 Å². The van der Waals surface area contributed by atoms with Crippen LogP contribution in [0.25, 0.3) is 0 Å². The SMILES string of the molecule is CCO.CCO.[MgH2].[Ni]. The molecule has 0 spiro atoms. The van der Waals surface area contributed by atoms with Crippen molar-refractivity contribution in [1.29, 1.82) is 0 Å². The van der Waals surface area contributed by atoms with Gasteiger partial charge in [0, 0.05) is 29.7 Å². The zero-order chi connectivity index (χ0) is 5.41. The second-order valence-electron chi connectivity index (χ2n) is 0.632. The summed E-state index contributed by atoms with van der Waals surface area (Å²) in [5.41, 5.74) is 0. The van der Waals surface area contributed by atoms with Gasteiger partial charge in [0.25, 0.3) is 0 Å². The molecule has 4 heteroatoms. The van der Waals surface area contributed by atoms with Crippen LogP contribution in [0.3, 0.4) is 0 Å². The standard InChI is InChI=1S/2C2H6O.Mg.Ni.2H/c2*1-2-3;;;;/h2*3H,2H2,1H3;;;;. The third-order valence-corrected chi connectivity index (χ3v) is 0. The number of hydrogen-bond donors (Lipinski definition) is 2. The van der Waals surface area contributed by atoms with Crippen LogP contribution in [-0.2, 0) is 16.5 Å². The van der Waals surface area contributed by atoms with Gasteiger partial charge in [-0.25, -0.2) is 0 Å². The Morgan fingerprint density at radius 1 is 1.00 bits per heavy atom. The Balaban J connectivity index is -0.0000000160. The molecule has 2 N–H and O–H groups in total. The van der Waals surface area contributed by atoms with Crippen molar-refractivity contribution in [3.63, 3.8) is 0 Å². The van der Waals surface area contributed by atoms with Gasteiger partial charge in [-0.15, -0.1) is 0 Å². The van der Waals surface area contributed by atoms with Crippen molar-refractivity contribution in [2.75, 3.05) is 13.2 Å². The molecule has 0 heterocycles. The summed E-state index contributed by atoms with van der Waals surface area (Å²) < 4.78 is 0. The minimum atomic E-state index is 0. The quantitative estimate of drug-likeness (QED) is 0.470. The van der Waals surface area contributed by atoms with Crippen molar-refractivity contribution in [3.05, 3.63) is 0 Å². The van der Waals surface area contributed by atoms with E-state index in [4.69, 9.17) is 10.2 Å². The first-order valence-corrected chi connectivity index (χ1v) is 2.05. The van der Waals surface area contributed by atoms with Crippen LogP contribution in [0.15, 0.2) is 0 Å². The average molecular weight is 177 g/mol. The molecule has 0 aliphatic carbocycles. The Morgan fingerprint density at radius 3 is 1.00 bits per heavy atom. The van der Waals surface area contributed by atoms with Crippen LogP contribution in [0.1, 0.15) is 13.8 Å². The van der Waals surface area contributed by atoms with Gasteiger partial charge in [-0.1, -0.05) is 0 Å². The molecule has 0 aliphatic heterocycles. The van der Waals surface area contributed by atoms with Gasteiger partial charge in [-0.05, 0) is 13.8 Å². The van der Waals surface area contributed by atoms with E-state index in [1.54, 1.807) is 13.8 Å². The summed E-state index contributed by atoms with van der Waals surface area (Å²) in [6, 6.07) is 0. The number of rotatable bonds is 0. The van der Waals surface area contributed by atoms with Gasteiger partial charge in [0.2, 0.25) is 0 Å². The largest absolute Gasteiger partial charge is 0.397 e. The zero-order valence-corrected chi connectivity index (χ0v) is 5.61. The Morgan fingerprint density at radius 2 is 1.00 bits per heavy atom. The van der Waals surface area contributed by atoms with Crippen LogP contribution in [0, 0.1) is 0 Å². The molecule has 54 valence electrons. The molecule has 0 amide bonds. The smallest absolute Gasteiger partial charge is 0.316 e. The molecule has 0 aromatic carbocycles. The van der Waals surface area contributed by atoms with Crippen LogP contribution < -0.4 is 0 Å². The molecular weight excluding hydrogens is 163 g/mol. The predicted molar refractivity (Wildman–Crippen MR) is 34.1 cm³/mol. The molecular formula is C4H14MgNiO2. The fraction of sp³-hybridized carbons (Fsp3) is 1.00. The van der Waals surface area contributed by atoms with E-state index in [9.17, 15) is 0 Å². The van der Waals surface area contributed by atoms with Gasteiger partial charge in [0.1, 0.15) is 0 Å². The molecule has 0 aromatic rings. The normalized spacial score (nSPS) is 4.50. The van der Waals surface area contributed by atoms with E-state index in [1.165, 1.54) is 0 Å². The molecule has 0 aliphatic rings. The summed E-state index contributed by atoms with van der Waals surface area (Å²) in [5.74, 6) is 0. The fourth-order valence-electron chi connectivity index (χ4n) is 0. The fourth-order valence-corrected chi connectivity index (χ4v) is 0. The van der Waals surface area contributed by atoms with Crippen molar-refractivity contribution in [1.82, 2.24) is 0 Å². The average Bonchev–Trinajstić information content (AvgIpc) is 1.39. The first-order valence-electron chi connectivity index (χ1n) is 2.05. The maximum atomic E-state index is 7.57. The van der Waals surface area contributed by atoms with E-state index in [0.717, 1.165) is 0 Å². The van der Waals surface area contributed by atoms with Crippen molar-refractivity contribution >= 4 is 23.1 Å². The second-order valence-corrected chi connectivity index (χ2v) is 0.632. The van der Waals surface area contributed by atoms with E-state index >= 15 is 0 Å². The molecule has 0 bridgehead atoms. The van der Waals surface area contributed by atoms with Crippen molar-refractivity contribution in [2.45, 2.75) is 13.8 Å². The van der Waals surface area contributed by atoms with Gasteiger partial charge >= 0.3 is 23.1 Å². The first-order chi connectivity index (χ1) is 2.83. The summed E-state index contributed by atoms with van der Waals surface area (Å²) in [5, 5.41) is 15.1. The van der Waals surface area contributed by atoms with Crippen LogP contribution >= 0.6 is 0 Å². The summed E-state index contributed by atoms with van der Waals surface area (Å²) in [6.45, 7) is 3.86. The molecule has 0 atom stereocenters. The third-order valence-electron chi connectivity index (χ3n) is 0. The topological polar surface area (TPSA) is 40.5 Å². The van der Waals surface area contributed by atoms with Crippen LogP contribution in [0.4, 0.5) is 0 Å². The molecule has 0 saturated carbocycles. The monoisotopic (exact) mass is 176 g/mol. The first kappa shape index (κ1) is 22.9. The zero-order valence-electron chi connectivity index (χ0n) is 4.62. The minimum absolute atomic E-state index is 0. The molecule has 8 heavy (non-hydrogen) atoms. The Hall–Kier alpha value is 1.18. The Bertz CT molecular complexity index is 16.0. The molecule has 0 rings (SSSR count). The maximum Gasteiger partial charge on any atom is 0.316 e. The van der Waals surface area contributed by atoms with Gasteiger partial charge in [0.05, 0.1) is 0 Å². The maximum absolute atomic E-state index is 7.57. The predicted octanol–water partition coefficient (Wildman–Crippen LogP) is -0.921. The van der Waals surface area contributed by atoms with Crippen LogP contribution in [-0.4, -0.2) is 46.5 Å². The molecule has 0 radical (unpaired) electrons. The van der Waals surface area contributed by atoms with Gasteiger partial charge in [-0.2, -0.15) is 0 Å². The number of hydrogen-bond acceptors (Lipinski definition) is 2. The summed E-state index contributed by atoms with van der Waals surface area (Å²) in [6.07, 6.45) is 0. The van der Waals surface area contributed by atoms with Crippen molar-refractivity contribution in [2.24, 2.45) is 0 Å². The molecule has 0 unspecified atom stereocenters. The van der Waals surface area contributed by atoms with E-state index < -0.39 is 0 Å². The molecule has 0 saturated heterocycles. The van der Waals surface area contributed by atoms with E-state index in [2.05, 4.69) is 0 Å². The third kappa shape index (κ3) is 197. The summed E-state index contributed by atoms with van der Waals surface area (Å²) >= 11 is 0. The van der Waals surface area contributed by atoms with Crippen molar-refractivity contribution < 1.29 is 26.7 Å².